The van der Waals surface area contributed by atoms with Crippen molar-refractivity contribution in [3.05, 3.63) is 0 Å². The molecular weight excluding hydrogens is 126 g/mol. The summed E-state index contributed by atoms with van der Waals surface area (Å²) in [6.45, 7) is 1.47. The van der Waals surface area contributed by atoms with Gasteiger partial charge in [-0.15, -0.1) is 0 Å². The maximum absolute atomic E-state index is 9.74. The summed E-state index contributed by atoms with van der Waals surface area (Å²) < 4.78 is 13.6. The molecular formula is C2H5NaO3P+. The van der Waals surface area contributed by atoms with E-state index in [1.807, 2.05) is 0 Å². The number of carbonyl (C=O) groups excluding carboxylic acids is 1. The summed E-state index contributed by atoms with van der Waals surface area (Å²) in [4.78, 5) is 9.21. The topological polar surface area (TPSA) is 43.4 Å². The van der Waals surface area contributed by atoms with Crippen molar-refractivity contribution in [3.63, 3.8) is 0 Å². The maximum Gasteiger partial charge on any atom is 1.00 e. The molecule has 7 heavy (non-hydrogen) atoms. The molecule has 0 rings (SSSR count). The summed E-state index contributed by atoms with van der Waals surface area (Å²) in [6.07, 6.45) is 0. The predicted molar refractivity (Wildman–Crippen MR) is 21.8 cm³/mol. The molecule has 5 heteroatoms. The molecule has 0 N–H and O–H groups in total. The average molecular weight is 131 g/mol. The quantitative estimate of drug-likeness (QED) is 0.239. The van der Waals surface area contributed by atoms with Crippen LogP contribution in [0.15, 0.2) is 0 Å². The Hall–Kier alpha value is 0.570. The Kier molecular flexibility index (Phi) is 9.89. The summed E-state index contributed by atoms with van der Waals surface area (Å²) in [5.41, 5.74) is 0. The summed E-state index contributed by atoms with van der Waals surface area (Å²) in [5, 5.41) is 0. The third kappa shape index (κ3) is 10.8. The zero-order valence-corrected chi connectivity index (χ0v) is 7.14. The van der Waals surface area contributed by atoms with Crippen LogP contribution in [0.5, 0.6) is 0 Å². The van der Waals surface area contributed by atoms with E-state index in [1.165, 1.54) is 6.66 Å². The summed E-state index contributed by atoms with van der Waals surface area (Å²) in [7, 11) is -1.72. The minimum atomic E-state index is -1.72. The van der Waals surface area contributed by atoms with Crippen molar-refractivity contribution in [2.45, 2.75) is 0 Å². The molecule has 0 aliphatic rings. The zero-order chi connectivity index (χ0) is 4.99. The fourth-order valence-electron chi connectivity index (χ4n) is 0.0606. The molecule has 0 spiro atoms. The van der Waals surface area contributed by atoms with Gasteiger partial charge in [0.2, 0.25) is 0 Å². The second-order valence-electron chi connectivity index (χ2n) is 0.641. The maximum atomic E-state index is 9.74. The Bertz CT molecular complexity index is 77.7. The van der Waals surface area contributed by atoms with E-state index in [2.05, 4.69) is 4.52 Å². The minimum absolute atomic E-state index is 0. The molecule has 0 amide bonds. The van der Waals surface area contributed by atoms with Crippen LogP contribution in [0.4, 0.5) is 0 Å². The molecule has 0 bridgehead atoms. The van der Waals surface area contributed by atoms with Gasteiger partial charge >= 0.3 is 44.1 Å². The van der Waals surface area contributed by atoms with Gasteiger partial charge in [0.1, 0.15) is 0 Å². The van der Waals surface area contributed by atoms with E-state index >= 15 is 0 Å². The Morgan fingerprint density at radius 3 is 2.29 bits per heavy atom. The molecule has 0 aromatic carbocycles. The Morgan fingerprint density at radius 1 is 1.86 bits per heavy atom. The van der Waals surface area contributed by atoms with Crippen molar-refractivity contribution < 1.29 is 44.9 Å². The standard InChI is InChI=1S/C2H4O3P.Na.H/c1-6(4)5-2-3;;/h2H,1H3;;/q2*+1;-1. The van der Waals surface area contributed by atoms with Crippen LogP contribution >= 0.6 is 8.03 Å². The largest absolute Gasteiger partial charge is 1.00 e. The van der Waals surface area contributed by atoms with Gasteiger partial charge in [-0.1, -0.05) is 0 Å². The molecule has 36 valence electrons. The van der Waals surface area contributed by atoms with Crippen molar-refractivity contribution >= 4 is 14.5 Å². The fourth-order valence-corrected chi connectivity index (χ4v) is 0.182. The van der Waals surface area contributed by atoms with E-state index in [0.717, 1.165) is 0 Å². The molecule has 0 aromatic rings. The average Bonchev–Trinajstić information content (AvgIpc) is 1.35. The van der Waals surface area contributed by atoms with Crippen molar-refractivity contribution in [3.8, 4) is 0 Å². The molecule has 0 saturated carbocycles. The SMILES string of the molecule is C[P+](=O)OC=O.[H-].[Na+]. The first kappa shape index (κ1) is 10.5. The van der Waals surface area contributed by atoms with Gasteiger partial charge in [0.15, 0.2) is 6.66 Å². The smallest absolute Gasteiger partial charge is 1.00 e. The monoisotopic (exact) mass is 131 g/mol. The number of hydrogen-bond donors (Lipinski definition) is 0. The van der Waals surface area contributed by atoms with Gasteiger partial charge in [-0.2, -0.15) is 0 Å². The first-order valence-electron chi connectivity index (χ1n) is 1.28. The van der Waals surface area contributed by atoms with E-state index in [1.54, 1.807) is 0 Å². The van der Waals surface area contributed by atoms with Crippen molar-refractivity contribution in [2.24, 2.45) is 0 Å². The first-order valence-corrected chi connectivity index (χ1v) is 2.91. The van der Waals surface area contributed by atoms with E-state index < -0.39 is 8.03 Å². The normalized spacial score (nSPS) is 8.43. The molecule has 3 nitrogen and oxygen atoms in total. The van der Waals surface area contributed by atoms with Crippen LogP contribution in [-0.2, 0) is 13.9 Å². The van der Waals surface area contributed by atoms with Gasteiger partial charge in [0.25, 0.3) is 0 Å². The van der Waals surface area contributed by atoms with Crippen LogP contribution in [0.25, 0.3) is 0 Å². The fraction of sp³-hybridized carbons (Fsp3) is 0.500. The first-order chi connectivity index (χ1) is 2.77. The van der Waals surface area contributed by atoms with Gasteiger partial charge in [-0.3, -0.25) is 4.79 Å². The molecule has 0 aliphatic carbocycles. The Balaban J connectivity index is -0.000000125. The summed E-state index contributed by atoms with van der Waals surface area (Å²) in [5.74, 6) is 0. The Morgan fingerprint density at radius 2 is 2.29 bits per heavy atom. The van der Waals surface area contributed by atoms with Crippen LogP contribution < -0.4 is 29.6 Å². The van der Waals surface area contributed by atoms with Crippen LogP contribution in [0, 0.1) is 0 Å². The van der Waals surface area contributed by atoms with Crippen molar-refractivity contribution in [1.29, 1.82) is 0 Å². The second kappa shape index (κ2) is 6.57. The number of rotatable bonds is 2. The molecule has 0 saturated heterocycles. The second-order valence-corrected chi connectivity index (χ2v) is 1.73. The third-order valence-electron chi connectivity index (χ3n) is 0.191. The predicted octanol–water partition coefficient (Wildman–Crippen LogP) is -2.35. The molecule has 0 aliphatic heterocycles. The number of carbonyl (C=O) groups is 1. The van der Waals surface area contributed by atoms with Crippen LogP contribution in [0.3, 0.4) is 0 Å². The van der Waals surface area contributed by atoms with E-state index in [4.69, 9.17) is 0 Å². The van der Waals surface area contributed by atoms with Crippen molar-refractivity contribution in [2.75, 3.05) is 6.66 Å². The van der Waals surface area contributed by atoms with Gasteiger partial charge in [0, 0.05) is 0 Å². The van der Waals surface area contributed by atoms with Crippen LogP contribution in [0.1, 0.15) is 1.43 Å². The Labute approximate surface area is 66.1 Å². The van der Waals surface area contributed by atoms with Crippen LogP contribution in [-0.4, -0.2) is 13.1 Å². The van der Waals surface area contributed by atoms with Gasteiger partial charge in [-0.25, -0.2) is 4.52 Å². The van der Waals surface area contributed by atoms with Gasteiger partial charge in [0.05, 0.1) is 0 Å². The molecule has 0 fully saturated rings. The van der Waals surface area contributed by atoms with E-state index in [-0.39, 0.29) is 37.5 Å². The van der Waals surface area contributed by atoms with Crippen molar-refractivity contribution in [1.82, 2.24) is 0 Å². The van der Waals surface area contributed by atoms with E-state index in [9.17, 15) is 9.36 Å². The van der Waals surface area contributed by atoms with Gasteiger partial charge < -0.3 is 1.43 Å². The molecule has 0 heterocycles. The molecule has 1 unspecified atom stereocenters. The zero-order valence-electron chi connectivity index (χ0n) is 5.25. The third-order valence-corrected chi connectivity index (χ3v) is 0.574. The molecule has 1 atom stereocenters. The molecule has 0 radical (unpaired) electrons. The summed E-state index contributed by atoms with van der Waals surface area (Å²) >= 11 is 0. The van der Waals surface area contributed by atoms with Gasteiger partial charge in [-0.05, 0) is 4.57 Å². The number of hydrogen-bond acceptors (Lipinski definition) is 3. The van der Waals surface area contributed by atoms with Crippen LogP contribution in [0.2, 0.25) is 0 Å². The summed E-state index contributed by atoms with van der Waals surface area (Å²) in [6, 6.07) is 0. The van der Waals surface area contributed by atoms with E-state index in [0.29, 0.717) is 0 Å². The molecule has 0 aromatic heterocycles. The minimum Gasteiger partial charge on any atom is -1.00 e.